The standard InChI is InChI=1S/C23H26N4O/c1-16-6-5-7-17(12-16)13-24-22-25-14-18(15-26-22)21(28)27-20-10-8-19(9-11-20)23(2,3)4/h5-12,14-15H,13H2,1-4H3,(H,27,28)(H,24,25,26). The molecule has 0 atom stereocenters. The first-order valence-electron chi connectivity index (χ1n) is 9.34. The second-order valence-corrected chi connectivity index (χ2v) is 7.92. The minimum Gasteiger partial charge on any atom is -0.350 e. The van der Waals surface area contributed by atoms with Gasteiger partial charge in [-0.15, -0.1) is 0 Å². The van der Waals surface area contributed by atoms with Crippen LogP contribution in [0.4, 0.5) is 11.6 Å². The fourth-order valence-corrected chi connectivity index (χ4v) is 2.80. The minimum absolute atomic E-state index is 0.0810. The van der Waals surface area contributed by atoms with E-state index in [9.17, 15) is 4.79 Å². The monoisotopic (exact) mass is 374 g/mol. The van der Waals surface area contributed by atoms with E-state index in [0.29, 0.717) is 18.1 Å². The lowest BCUT2D eigenvalue weighted by molar-refractivity contribution is 0.102. The highest BCUT2D eigenvalue weighted by molar-refractivity contribution is 6.03. The molecule has 1 aromatic heterocycles. The predicted molar refractivity (Wildman–Crippen MR) is 114 cm³/mol. The van der Waals surface area contributed by atoms with E-state index in [0.717, 1.165) is 11.3 Å². The molecular weight excluding hydrogens is 348 g/mol. The molecule has 2 aromatic carbocycles. The molecule has 144 valence electrons. The topological polar surface area (TPSA) is 66.9 Å². The molecule has 2 N–H and O–H groups in total. The quantitative estimate of drug-likeness (QED) is 0.663. The van der Waals surface area contributed by atoms with Gasteiger partial charge in [0.15, 0.2) is 0 Å². The Balaban J connectivity index is 1.59. The van der Waals surface area contributed by atoms with Crippen LogP contribution in [0.2, 0.25) is 0 Å². The summed E-state index contributed by atoms with van der Waals surface area (Å²) in [5.74, 6) is 0.265. The van der Waals surface area contributed by atoms with Crippen LogP contribution in [0.3, 0.4) is 0 Å². The summed E-state index contributed by atoms with van der Waals surface area (Å²) in [4.78, 5) is 20.9. The van der Waals surface area contributed by atoms with Crippen molar-refractivity contribution >= 4 is 17.5 Å². The van der Waals surface area contributed by atoms with Crippen LogP contribution in [0.1, 0.15) is 47.8 Å². The van der Waals surface area contributed by atoms with Gasteiger partial charge < -0.3 is 10.6 Å². The van der Waals surface area contributed by atoms with Gasteiger partial charge in [-0.3, -0.25) is 4.79 Å². The molecule has 0 bridgehead atoms. The first-order chi connectivity index (χ1) is 13.3. The molecule has 0 saturated heterocycles. The molecule has 0 unspecified atom stereocenters. The zero-order chi connectivity index (χ0) is 20.1. The van der Waals surface area contributed by atoms with E-state index in [1.54, 1.807) is 0 Å². The maximum atomic E-state index is 12.4. The Morgan fingerprint density at radius 3 is 2.29 bits per heavy atom. The average Bonchev–Trinajstić information content (AvgIpc) is 2.66. The van der Waals surface area contributed by atoms with Gasteiger partial charge in [0.1, 0.15) is 0 Å². The third-order valence-electron chi connectivity index (χ3n) is 4.46. The fraction of sp³-hybridized carbons (Fsp3) is 0.261. The van der Waals surface area contributed by atoms with Crippen LogP contribution in [0.5, 0.6) is 0 Å². The number of hydrogen-bond acceptors (Lipinski definition) is 4. The van der Waals surface area contributed by atoms with Gasteiger partial charge in [0.25, 0.3) is 5.91 Å². The summed E-state index contributed by atoms with van der Waals surface area (Å²) >= 11 is 0. The third kappa shape index (κ3) is 5.16. The van der Waals surface area contributed by atoms with Crippen molar-refractivity contribution in [2.75, 3.05) is 10.6 Å². The van der Waals surface area contributed by atoms with Crippen molar-refractivity contribution in [1.29, 1.82) is 0 Å². The van der Waals surface area contributed by atoms with E-state index in [-0.39, 0.29) is 11.3 Å². The van der Waals surface area contributed by atoms with E-state index in [2.05, 4.69) is 60.4 Å². The Bertz CT molecular complexity index is 942. The SMILES string of the molecule is Cc1cccc(CNc2ncc(C(=O)Nc3ccc(C(C)(C)C)cc3)cn2)c1. The van der Waals surface area contributed by atoms with Crippen molar-refractivity contribution < 1.29 is 4.79 Å². The smallest absolute Gasteiger partial charge is 0.258 e. The van der Waals surface area contributed by atoms with Gasteiger partial charge in [0, 0.05) is 24.6 Å². The molecular formula is C23H26N4O. The van der Waals surface area contributed by atoms with Crippen LogP contribution in [0, 0.1) is 6.92 Å². The van der Waals surface area contributed by atoms with Gasteiger partial charge in [-0.05, 0) is 35.6 Å². The van der Waals surface area contributed by atoms with E-state index in [1.807, 2.05) is 36.4 Å². The van der Waals surface area contributed by atoms with Gasteiger partial charge in [-0.25, -0.2) is 9.97 Å². The molecule has 28 heavy (non-hydrogen) atoms. The molecule has 0 aliphatic heterocycles. The number of aryl methyl sites for hydroxylation is 1. The summed E-state index contributed by atoms with van der Waals surface area (Å²) < 4.78 is 0. The highest BCUT2D eigenvalue weighted by Gasteiger charge is 2.13. The van der Waals surface area contributed by atoms with Crippen molar-refractivity contribution in [1.82, 2.24) is 9.97 Å². The molecule has 0 aliphatic carbocycles. The van der Waals surface area contributed by atoms with Crippen LogP contribution in [-0.4, -0.2) is 15.9 Å². The number of hydrogen-bond donors (Lipinski definition) is 2. The van der Waals surface area contributed by atoms with Crippen molar-refractivity contribution in [3.8, 4) is 0 Å². The summed E-state index contributed by atoms with van der Waals surface area (Å²) in [6, 6.07) is 16.1. The van der Waals surface area contributed by atoms with Crippen molar-refractivity contribution in [2.24, 2.45) is 0 Å². The fourth-order valence-electron chi connectivity index (χ4n) is 2.80. The van der Waals surface area contributed by atoms with Crippen LogP contribution in [0.15, 0.2) is 60.9 Å². The second-order valence-electron chi connectivity index (χ2n) is 7.92. The summed E-state index contributed by atoms with van der Waals surface area (Å²) in [5.41, 5.74) is 4.84. The molecule has 0 aliphatic rings. The van der Waals surface area contributed by atoms with Crippen LogP contribution < -0.4 is 10.6 Å². The third-order valence-corrected chi connectivity index (χ3v) is 4.46. The largest absolute Gasteiger partial charge is 0.350 e. The van der Waals surface area contributed by atoms with Crippen molar-refractivity contribution in [2.45, 2.75) is 39.7 Å². The Hall–Kier alpha value is -3.21. The molecule has 0 spiro atoms. The lowest BCUT2D eigenvalue weighted by Crippen LogP contribution is -2.14. The zero-order valence-electron chi connectivity index (χ0n) is 16.8. The number of anilines is 2. The molecule has 0 radical (unpaired) electrons. The van der Waals surface area contributed by atoms with E-state index < -0.39 is 0 Å². The normalized spacial score (nSPS) is 11.1. The Labute approximate surface area is 166 Å². The number of nitrogens with zero attached hydrogens (tertiary/aromatic N) is 2. The lowest BCUT2D eigenvalue weighted by Gasteiger charge is -2.19. The molecule has 3 rings (SSSR count). The summed E-state index contributed by atoms with van der Waals surface area (Å²) in [6.07, 6.45) is 3.06. The molecule has 5 heteroatoms. The second kappa shape index (κ2) is 8.21. The molecule has 5 nitrogen and oxygen atoms in total. The van der Waals surface area contributed by atoms with Crippen LogP contribution in [-0.2, 0) is 12.0 Å². The van der Waals surface area contributed by atoms with Gasteiger partial charge >= 0.3 is 0 Å². The summed E-state index contributed by atoms with van der Waals surface area (Å²) in [7, 11) is 0. The lowest BCUT2D eigenvalue weighted by atomic mass is 9.87. The van der Waals surface area contributed by atoms with E-state index in [1.165, 1.54) is 23.5 Å². The van der Waals surface area contributed by atoms with E-state index >= 15 is 0 Å². The molecule has 3 aromatic rings. The maximum absolute atomic E-state index is 12.4. The molecule has 0 saturated carbocycles. The predicted octanol–water partition coefficient (Wildman–Crippen LogP) is 4.95. The number of benzene rings is 2. The first-order valence-corrected chi connectivity index (χ1v) is 9.34. The van der Waals surface area contributed by atoms with Crippen molar-refractivity contribution in [3.05, 3.63) is 83.2 Å². The summed E-state index contributed by atoms with van der Waals surface area (Å²) in [6.45, 7) is 9.17. The van der Waals surface area contributed by atoms with E-state index in [4.69, 9.17) is 0 Å². The maximum Gasteiger partial charge on any atom is 0.258 e. The zero-order valence-corrected chi connectivity index (χ0v) is 16.8. The van der Waals surface area contributed by atoms with Gasteiger partial charge in [-0.1, -0.05) is 62.7 Å². The van der Waals surface area contributed by atoms with Crippen molar-refractivity contribution in [3.63, 3.8) is 0 Å². The highest BCUT2D eigenvalue weighted by Crippen LogP contribution is 2.23. The minimum atomic E-state index is -0.228. The number of amides is 1. The van der Waals surface area contributed by atoms with Gasteiger partial charge in [0.2, 0.25) is 5.95 Å². The highest BCUT2D eigenvalue weighted by atomic mass is 16.1. The summed E-state index contributed by atoms with van der Waals surface area (Å²) in [5, 5.41) is 6.05. The number of aromatic nitrogens is 2. The Kier molecular flexibility index (Phi) is 5.73. The Morgan fingerprint density at radius 2 is 1.68 bits per heavy atom. The number of rotatable bonds is 5. The van der Waals surface area contributed by atoms with Gasteiger partial charge in [0.05, 0.1) is 5.56 Å². The van der Waals surface area contributed by atoms with Crippen LogP contribution >= 0.6 is 0 Å². The molecule has 1 heterocycles. The number of carbonyl (C=O) groups excluding carboxylic acids is 1. The Morgan fingerprint density at radius 1 is 1.00 bits per heavy atom. The number of carbonyl (C=O) groups is 1. The average molecular weight is 374 g/mol. The van der Waals surface area contributed by atoms with Crippen LogP contribution in [0.25, 0.3) is 0 Å². The molecule has 1 amide bonds. The first kappa shape index (κ1) is 19.5. The van der Waals surface area contributed by atoms with Gasteiger partial charge in [-0.2, -0.15) is 0 Å². The molecule has 0 fully saturated rings. The number of nitrogens with one attached hydrogen (secondary N) is 2.